The highest BCUT2D eigenvalue weighted by molar-refractivity contribution is 6.31. The van der Waals surface area contributed by atoms with Crippen molar-refractivity contribution in [2.24, 2.45) is 5.10 Å². The van der Waals surface area contributed by atoms with Gasteiger partial charge in [0.2, 0.25) is 0 Å². The largest absolute Gasteiger partial charge is 0.343 e. The second-order valence-corrected chi connectivity index (χ2v) is 5.99. The lowest BCUT2D eigenvalue weighted by Crippen LogP contribution is -2.34. The number of hydrogen-bond acceptors (Lipinski definition) is 3. The van der Waals surface area contributed by atoms with Gasteiger partial charge in [0.05, 0.1) is 12.8 Å². The number of hydrazone groups is 1. The Bertz CT molecular complexity index is 980. The first-order valence-corrected chi connectivity index (χ1v) is 8.35. The lowest BCUT2D eigenvalue weighted by molar-refractivity contribution is -0.120. The van der Waals surface area contributed by atoms with Crippen molar-refractivity contribution in [2.45, 2.75) is 0 Å². The Morgan fingerprint density at radius 2 is 1.77 bits per heavy atom. The number of carbonyl (C=O) groups excluding carboxylic acids is 2. The fourth-order valence-corrected chi connectivity index (χ4v) is 2.66. The molecule has 2 amide bonds. The lowest BCUT2D eigenvalue weighted by atomic mass is 10.1. The molecule has 2 N–H and O–H groups in total. The van der Waals surface area contributed by atoms with Crippen LogP contribution < -0.4 is 10.7 Å². The zero-order chi connectivity index (χ0) is 18.4. The summed E-state index contributed by atoms with van der Waals surface area (Å²) in [5, 5.41) is 9.08. The number of fused-ring (bicyclic) bond motifs is 1. The molecule has 0 fully saturated rings. The van der Waals surface area contributed by atoms with E-state index in [0.717, 1.165) is 16.3 Å². The molecule has 0 aliphatic carbocycles. The van der Waals surface area contributed by atoms with Crippen LogP contribution in [0.2, 0.25) is 5.02 Å². The summed E-state index contributed by atoms with van der Waals surface area (Å²) in [6, 6.07) is 20.3. The highest BCUT2D eigenvalue weighted by atomic mass is 35.5. The van der Waals surface area contributed by atoms with Crippen LogP contribution in [-0.2, 0) is 4.79 Å². The van der Waals surface area contributed by atoms with E-state index in [1.54, 1.807) is 24.4 Å². The first-order valence-electron chi connectivity index (χ1n) is 7.97. The first kappa shape index (κ1) is 17.6. The van der Waals surface area contributed by atoms with Gasteiger partial charge in [-0.3, -0.25) is 9.59 Å². The fraction of sp³-hybridized carbons (Fsp3) is 0.0500. The number of carbonyl (C=O) groups is 2. The molecule has 0 unspecified atom stereocenters. The highest BCUT2D eigenvalue weighted by Crippen LogP contribution is 2.16. The molecule has 26 heavy (non-hydrogen) atoms. The molecule has 3 aromatic carbocycles. The third-order valence-electron chi connectivity index (χ3n) is 3.71. The number of amides is 2. The minimum Gasteiger partial charge on any atom is -0.343 e. The normalized spacial score (nSPS) is 10.8. The minimum absolute atomic E-state index is 0.182. The van der Waals surface area contributed by atoms with Crippen molar-refractivity contribution >= 4 is 40.4 Å². The molecule has 0 aliphatic rings. The van der Waals surface area contributed by atoms with Gasteiger partial charge in [-0.1, -0.05) is 60.1 Å². The van der Waals surface area contributed by atoms with Gasteiger partial charge in [0, 0.05) is 16.1 Å². The summed E-state index contributed by atoms with van der Waals surface area (Å²) in [7, 11) is 0. The molecule has 130 valence electrons. The van der Waals surface area contributed by atoms with Gasteiger partial charge < -0.3 is 5.32 Å². The van der Waals surface area contributed by atoms with Crippen molar-refractivity contribution in [2.75, 3.05) is 6.54 Å². The van der Waals surface area contributed by atoms with Crippen LogP contribution in [-0.4, -0.2) is 24.6 Å². The van der Waals surface area contributed by atoms with Crippen LogP contribution in [0.3, 0.4) is 0 Å². The first-order chi connectivity index (χ1) is 12.6. The van der Waals surface area contributed by atoms with E-state index < -0.39 is 5.91 Å². The zero-order valence-electron chi connectivity index (χ0n) is 13.8. The van der Waals surface area contributed by atoms with E-state index in [0.29, 0.717) is 10.6 Å². The molecule has 6 heteroatoms. The molecule has 0 bridgehead atoms. The average molecular weight is 366 g/mol. The van der Waals surface area contributed by atoms with Gasteiger partial charge in [0.1, 0.15) is 0 Å². The summed E-state index contributed by atoms with van der Waals surface area (Å²) in [6.07, 6.45) is 1.58. The summed E-state index contributed by atoms with van der Waals surface area (Å²) in [4.78, 5) is 23.8. The molecule has 0 spiro atoms. The predicted molar refractivity (Wildman–Crippen MR) is 103 cm³/mol. The summed E-state index contributed by atoms with van der Waals surface area (Å²) < 4.78 is 0. The third-order valence-corrected chi connectivity index (χ3v) is 3.95. The topological polar surface area (TPSA) is 70.6 Å². The summed E-state index contributed by atoms with van der Waals surface area (Å²) in [6.45, 7) is -0.182. The maximum atomic E-state index is 12.0. The van der Waals surface area contributed by atoms with Crippen LogP contribution in [0.15, 0.2) is 71.8 Å². The van der Waals surface area contributed by atoms with Gasteiger partial charge in [0.25, 0.3) is 11.8 Å². The van der Waals surface area contributed by atoms with Crippen LogP contribution in [0.1, 0.15) is 15.9 Å². The maximum absolute atomic E-state index is 12.0. The Balaban J connectivity index is 1.55. The van der Waals surface area contributed by atoms with Crippen molar-refractivity contribution in [3.8, 4) is 0 Å². The number of nitrogens with zero attached hydrogens (tertiary/aromatic N) is 1. The number of nitrogens with one attached hydrogen (secondary N) is 2. The number of benzene rings is 3. The molecule has 3 aromatic rings. The van der Waals surface area contributed by atoms with E-state index in [1.807, 2.05) is 42.5 Å². The molecule has 0 radical (unpaired) electrons. The van der Waals surface area contributed by atoms with E-state index in [2.05, 4.69) is 15.8 Å². The molecule has 3 rings (SSSR count). The van der Waals surface area contributed by atoms with E-state index in [9.17, 15) is 9.59 Å². The van der Waals surface area contributed by atoms with Crippen LogP contribution >= 0.6 is 11.6 Å². The average Bonchev–Trinajstić information content (AvgIpc) is 2.66. The monoisotopic (exact) mass is 365 g/mol. The Labute approximate surface area is 155 Å². The van der Waals surface area contributed by atoms with Crippen molar-refractivity contribution in [1.82, 2.24) is 10.7 Å². The third kappa shape index (κ3) is 4.46. The summed E-state index contributed by atoms with van der Waals surface area (Å²) in [5.74, 6) is -0.794. The van der Waals surface area contributed by atoms with E-state index in [4.69, 9.17) is 11.6 Å². The lowest BCUT2D eigenvalue weighted by Gasteiger charge is -2.05. The molecule has 0 saturated heterocycles. The molecule has 0 saturated carbocycles. The second-order valence-electron chi connectivity index (χ2n) is 5.55. The second kappa shape index (κ2) is 8.27. The minimum atomic E-state index is -0.420. The standard InChI is InChI=1S/C20H16ClN3O2/c21-17-9-4-7-15(11-17)20(26)22-13-19(25)24-23-12-16-8-3-6-14-5-1-2-10-18(14)16/h1-12H,13H2,(H,22,26)(H,24,25)/b23-12+. The summed E-state index contributed by atoms with van der Waals surface area (Å²) in [5.41, 5.74) is 3.69. The highest BCUT2D eigenvalue weighted by Gasteiger charge is 2.07. The van der Waals surface area contributed by atoms with E-state index in [1.165, 1.54) is 6.07 Å². The molecule has 0 aliphatic heterocycles. The number of rotatable bonds is 5. The molecule has 0 aromatic heterocycles. The van der Waals surface area contributed by atoms with Crippen molar-refractivity contribution in [3.05, 3.63) is 82.9 Å². The van der Waals surface area contributed by atoms with Crippen LogP contribution in [0, 0.1) is 0 Å². The molecule has 0 atom stereocenters. The Morgan fingerprint density at radius 3 is 2.62 bits per heavy atom. The molecule has 0 heterocycles. The molecular formula is C20H16ClN3O2. The van der Waals surface area contributed by atoms with E-state index >= 15 is 0 Å². The number of hydrogen-bond donors (Lipinski definition) is 2. The van der Waals surface area contributed by atoms with Crippen LogP contribution in [0.4, 0.5) is 0 Å². The SMILES string of the molecule is O=C(CNC(=O)c1cccc(Cl)c1)N/N=C/c1cccc2ccccc12. The van der Waals surface area contributed by atoms with Gasteiger partial charge in [-0.2, -0.15) is 5.10 Å². The van der Waals surface area contributed by atoms with Crippen molar-refractivity contribution < 1.29 is 9.59 Å². The van der Waals surface area contributed by atoms with Crippen molar-refractivity contribution in [3.63, 3.8) is 0 Å². The van der Waals surface area contributed by atoms with Crippen LogP contribution in [0.25, 0.3) is 10.8 Å². The van der Waals surface area contributed by atoms with Crippen molar-refractivity contribution in [1.29, 1.82) is 0 Å². The zero-order valence-corrected chi connectivity index (χ0v) is 14.5. The van der Waals surface area contributed by atoms with Gasteiger partial charge in [-0.15, -0.1) is 0 Å². The van der Waals surface area contributed by atoms with Gasteiger partial charge >= 0.3 is 0 Å². The molecule has 5 nitrogen and oxygen atoms in total. The smallest absolute Gasteiger partial charge is 0.259 e. The Hall–Kier alpha value is -3.18. The fourth-order valence-electron chi connectivity index (χ4n) is 2.47. The maximum Gasteiger partial charge on any atom is 0.259 e. The summed E-state index contributed by atoms with van der Waals surface area (Å²) >= 11 is 5.84. The Kier molecular flexibility index (Phi) is 5.61. The van der Waals surface area contributed by atoms with Gasteiger partial charge in [0.15, 0.2) is 0 Å². The quantitative estimate of drug-likeness (QED) is 0.537. The number of halogens is 1. The predicted octanol–water partition coefficient (Wildman–Crippen LogP) is 3.37. The van der Waals surface area contributed by atoms with Gasteiger partial charge in [-0.05, 0) is 29.0 Å². The molecular weight excluding hydrogens is 350 g/mol. The van der Waals surface area contributed by atoms with Gasteiger partial charge in [-0.25, -0.2) is 5.43 Å². The van der Waals surface area contributed by atoms with Crippen LogP contribution in [0.5, 0.6) is 0 Å². The Morgan fingerprint density at radius 1 is 1.00 bits per heavy atom. The van der Waals surface area contributed by atoms with E-state index in [-0.39, 0.29) is 12.5 Å².